The first-order valence-corrected chi connectivity index (χ1v) is 8.99. The van der Waals surface area contributed by atoms with Gasteiger partial charge in [0.2, 0.25) is 0 Å². The largest absolute Gasteiger partial charge is 0.349 e. The van der Waals surface area contributed by atoms with Gasteiger partial charge in [0, 0.05) is 16.1 Å². The van der Waals surface area contributed by atoms with E-state index in [1.54, 1.807) is 0 Å². The molecule has 4 rings (SSSR count). The van der Waals surface area contributed by atoms with Crippen LogP contribution in [0.25, 0.3) is 0 Å². The van der Waals surface area contributed by atoms with Gasteiger partial charge in [-0.2, -0.15) is 0 Å². The second-order valence-corrected chi connectivity index (χ2v) is 8.17. The third kappa shape index (κ3) is 2.34. The highest BCUT2D eigenvalue weighted by atomic mass is 79.9. The van der Waals surface area contributed by atoms with Crippen molar-refractivity contribution in [3.63, 3.8) is 0 Å². The molecule has 21 heavy (non-hydrogen) atoms. The topological polar surface area (TPSA) is 29.1 Å². The number of halogens is 1. The molecular formula is C18H22BrNO. The van der Waals surface area contributed by atoms with Gasteiger partial charge in [0.1, 0.15) is 0 Å². The smallest absolute Gasteiger partial charge is 0.251 e. The van der Waals surface area contributed by atoms with Crippen LogP contribution < -0.4 is 5.32 Å². The molecule has 0 saturated heterocycles. The number of fused-ring (bicyclic) bond motifs is 5. The molecule has 0 heterocycles. The highest BCUT2D eigenvalue weighted by molar-refractivity contribution is 9.10. The third-order valence-corrected chi connectivity index (χ3v) is 6.51. The molecule has 0 radical (unpaired) electrons. The molecule has 5 atom stereocenters. The maximum Gasteiger partial charge on any atom is 0.251 e. The molecule has 2 bridgehead atoms. The predicted octanol–water partition coefficient (Wildman–Crippen LogP) is 4.31. The minimum absolute atomic E-state index is 0.103. The first-order valence-electron chi connectivity index (χ1n) is 8.20. The van der Waals surface area contributed by atoms with E-state index >= 15 is 0 Å². The molecule has 112 valence electrons. The van der Waals surface area contributed by atoms with E-state index < -0.39 is 0 Å². The summed E-state index contributed by atoms with van der Waals surface area (Å²) < 4.78 is 0.983. The van der Waals surface area contributed by atoms with E-state index in [1.165, 1.54) is 32.1 Å². The summed E-state index contributed by atoms with van der Waals surface area (Å²) in [5.74, 6) is 3.62. The standard InChI is InChI=1S/C18H22BrNO/c1-10-5-12(7-13(19)6-10)18(21)20-17-9-11-8-16(17)15-4-2-3-14(11)15/h5-7,11,14-17H,2-4,8-9H2,1H3,(H,20,21). The van der Waals surface area contributed by atoms with Gasteiger partial charge >= 0.3 is 0 Å². The van der Waals surface area contributed by atoms with Crippen molar-refractivity contribution >= 4 is 21.8 Å². The van der Waals surface area contributed by atoms with Gasteiger partial charge < -0.3 is 5.32 Å². The lowest BCUT2D eigenvalue weighted by Gasteiger charge is -2.32. The Morgan fingerprint density at radius 2 is 1.95 bits per heavy atom. The summed E-state index contributed by atoms with van der Waals surface area (Å²) in [7, 11) is 0. The molecule has 1 aromatic rings. The number of aryl methyl sites for hydroxylation is 1. The third-order valence-electron chi connectivity index (χ3n) is 6.05. The van der Waals surface area contributed by atoms with Gasteiger partial charge in [0.05, 0.1) is 0 Å². The fourth-order valence-corrected chi connectivity index (χ4v) is 5.96. The zero-order valence-electron chi connectivity index (χ0n) is 12.4. The van der Waals surface area contributed by atoms with Crippen LogP contribution in [0, 0.1) is 30.6 Å². The SMILES string of the molecule is Cc1cc(Br)cc(C(=O)NC2CC3CC2C2CCCC32)c1. The predicted molar refractivity (Wildman–Crippen MR) is 87.2 cm³/mol. The van der Waals surface area contributed by atoms with E-state index in [4.69, 9.17) is 0 Å². The zero-order chi connectivity index (χ0) is 14.6. The Kier molecular flexibility index (Phi) is 3.36. The first-order chi connectivity index (χ1) is 10.1. The Bertz CT molecular complexity index is 564. The summed E-state index contributed by atoms with van der Waals surface area (Å²) >= 11 is 3.48. The van der Waals surface area contributed by atoms with Crippen molar-refractivity contribution in [3.05, 3.63) is 33.8 Å². The summed E-state index contributed by atoms with van der Waals surface area (Å²) in [5, 5.41) is 3.33. The van der Waals surface area contributed by atoms with Gasteiger partial charge in [-0.3, -0.25) is 4.79 Å². The van der Waals surface area contributed by atoms with Crippen molar-refractivity contribution in [3.8, 4) is 0 Å². The molecule has 0 spiro atoms. The van der Waals surface area contributed by atoms with Gasteiger partial charge in [-0.25, -0.2) is 0 Å². The van der Waals surface area contributed by atoms with Crippen LogP contribution in [0.1, 0.15) is 48.0 Å². The minimum atomic E-state index is 0.103. The number of hydrogen-bond donors (Lipinski definition) is 1. The summed E-state index contributed by atoms with van der Waals surface area (Å²) in [6.07, 6.45) is 6.82. The quantitative estimate of drug-likeness (QED) is 0.848. The van der Waals surface area contributed by atoms with Crippen LogP contribution >= 0.6 is 15.9 Å². The van der Waals surface area contributed by atoms with Crippen molar-refractivity contribution in [1.82, 2.24) is 5.32 Å². The molecule has 3 heteroatoms. The Hall–Kier alpha value is -0.830. The van der Waals surface area contributed by atoms with E-state index in [0.717, 1.165) is 39.3 Å². The molecule has 3 aliphatic rings. The molecule has 1 aromatic carbocycles. The number of carbonyl (C=O) groups excluding carboxylic acids is 1. The van der Waals surface area contributed by atoms with Crippen LogP contribution in [0.3, 0.4) is 0 Å². The average molecular weight is 348 g/mol. The number of amides is 1. The van der Waals surface area contributed by atoms with Gasteiger partial charge in [0.25, 0.3) is 5.91 Å². The average Bonchev–Trinajstić information content (AvgIpc) is 3.09. The lowest BCUT2D eigenvalue weighted by molar-refractivity contribution is 0.0901. The number of hydrogen-bond acceptors (Lipinski definition) is 1. The van der Waals surface area contributed by atoms with Crippen molar-refractivity contribution < 1.29 is 4.79 Å². The molecule has 3 saturated carbocycles. The maximum absolute atomic E-state index is 12.5. The van der Waals surface area contributed by atoms with E-state index in [1.807, 2.05) is 25.1 Å². The molecule has 3 fully saturated rings. The van der Waals surface area contributed by atoms with Crippen molar-refractivity contribution in [1.29, 1.82) is 0 Å². The lowest BCUT2D eigenvalue weighted by Crippen LogP contribution is -2.42. The number of carbonyl (C=O) groups is 1. The van der Waals surface area contributed by atoms with Crippen molar-refractivity contribution in [2.24, 2.45) is 23.7 Å². The van der Waals surface area contributed by atoms with Gasteiger partial charge in [-0.15, -0.1) is 0 Å². The molecule has 0 aliphatic heterocycles. The van der Waals surface area contributed by atoms with Crippen LogP contribution in [0.2, 0.25) is 0 Å². The summed E-state index contributed by atoms with van der Waals surface area (Å²) in [6, 6.07) is 6.36. The summed E-state index contributed by atoms with van der Waals surface area (Å²) in [4.78, 5) is 12.5. The summed E-state index contributed by atoms with van der Waals surface area (Å²) in [6.45, 7) is 2.03. The van der Waals surface area contributed by atoms with Crippen LogP contribution in [0.5, 0.6) is 0 Å². The maximum atomic E-state index is 12.5. The Morgan fingerprint density at radius 3 is 2.76 bits per heavy atom. The molecule has 2 nitrogen and oxygen atoms in total. The molecular weight excluding hydrogens is 326 g/mol. The lowest BCUT2D eigenvalue weighted by atomic mass is 9.79. The second-order valence-electron chi connectivity index (χ2n) is 7.25. The highest BCUT2D eigenvalue weighted by Crippen LogP contribution is 2.58. The molecule has 1 N–H and O–H groups in total. The van der Waals surface area contributed by atoms with E-state index in [0.29, 0.717) is 6.04 Å². The second kappa shape index (κ2) is 5.12. The van der Waals surface area contributed by atoms with Gasteiger partial charge in [-0.05, 0) is 80.0 Å². The first kappa shape index (κ1) is 13.8. The van der Waals surface area contributed by atoms with Gasteiger partial charge in [0.15, 0.2) is 0 Å². The van der Waals surface area contributed by atoms with Crippen LogP contribution in [-0.2, 0) is 0 Å². The van der Waals surface area contributed by atoms with E-state index in [-0.39, 0.29) is 5.91 Å². The summed E-state index contributed by atoms with van der Waals surface area (Å²) in [5.41, 5.74) is 1.91. The monoisotopic (exact) mass is 347 g/mol. The highest BCUT2D eigenvalue weighted by Gasteiger charge is 2.54. The van der Waals surface area contributed by atoms with Crippen LogP contribution in [-0.4, -0.2) is 11.9 Å². The molecule has 0 aromatic heterocycles. The van der Waals surface area contributed by atoms with Gasteiger partial charge in [-0.1, -0.05) is 22.4 Å². The van der Waals surface area contributed by atoms with Crippen molar-refractivity contribution in [2.45, 2.75) is 45.1 Å². The van der Waals surface area contributed by atoms with Crippen LogP contribution in [0.4, 0.5) is 0 Å². The fraction of sp³-hybridized carbons (Fsp3) is 0.611. The number of rotatable bonds is 2. The number of benzene rings is 1. The fourth-order valence-electron chi connectivity index (χ4n) is 5.35. The molecule has 3 aliphatic carbocycles. The van der Waals surface area contributed by atoms with E-state index in [9.17, 15) is 4.79 Å². The number of nitrogens with one attached hydrogen (secondary N) is 1. The van der Waals surface area contributed by atoms with Crippen molar-refractivity contribution in [2.75, 3.05) is 0 Å². The molecule has 1 amide bonds. The minimum Gasteiger partial charge on any atom is -0.349 e. The normalized spacial score (nSPS) is 36.8. The Balaban J connectivity index is 1.48. The van der Waals surface area contributed by atoms with Crippen LogP contribution in [0.15, 0.2) is 22.7 Å². The molecule has 5 unspecified atom stereocenters. The zero-order valence-corrected chi connectivity index (χ0v) is 14.0. The Labute approximate surface area is 134 Å². The van der Waals surface area contributed by atoms with E-state index in [2.05, 4.69) is 21.2 Å². The Morgan fingerprint density at radius 1 is 1.14 bits per heavy atom.